The summed E-state index contributed by atoms with van der Waals surface area (Å²) < 4.78 is 59.5. The van der Waals surface area contributed by atoms with E-state index in [1.54, 1.807) is 53.1 Å². The number of hydrogen-bond donors (Lipinski definition) is 0. The van der Waals surface area contributed by atoms with Crippen molar-refractivity contribution in [2.75, 3.05) is 13.2 Å². The Morgan fingerprint density at radius 2 is 1.05 bits per heavy atom. The Labute approximate surface area is 371 Å². The molecular weight excluding hydrogens is 894 g/mol. The lowest BCUT2D eigenvalue weighted by Crippen LogP contribution is -2.67. The van der Waals surface area contributed by atoms with Crippen LogP contribution in [0.4, 0.5) is 5.69 Å². The quantitative estimate of drug-likeness (QED) is 0.128. The number of halogens is 1. The van der Waals surface area contributed by atoms with Crippen LogP contribution in [0.5, 0.6) is 0 Å². The molecule has 20 nitrogen and oxygen atoms in total. The first-order chi connectivity index (χ1) is 29.9. The molecule has 0 N–H and O–H groups in total. The molecule has 0 aliphatic carbocycles. The number of carbonyl (C=O) groups is 7. The molecule has 340 valence electrons. The molecule has 0 amide bonds. The number of hydrogen-bond acceptors (Lipinski definition) is 21. The maximum absolute atomic E-state index is 12.9. The maximum atomic E-state index is 12.9. The van der Waals surface area contributed by atoms with Gasteiger partial charge in [-0.3, -0.25) is 38.1 Å². The van der Waals surface area contributed by atoms with Crippen molar-refractivity contribution in [3.05, 3.63) is 69.2 Å². The van der Waals surface area contributed by atoms with Gasteiger partial charge in [0.2, 0.25) is 9.60 Å². The largest absolute Gasteiger partial charge is 0.463 e. The zero-order valence-electron chi connectivity index (χ0n) is 34.9. The van der Waals surface area contributed by atoms with E-state index in [1.165, 1.54) is 20.7 Å². The Morgan fingerprint density at radius 1 is 0.571 bits per heavy atom. The summed E-state index contributed by atoms with van der Waals surface area (Å²) in [7, 11) is 2.41. The van der Waals surface area contributed by atoms with E-state index in [0.717, 1.165) is 48.5 Å². The third kappa shape index (κ3) is 13.3. The maximum Gasteiger partial charge on any atom is 0.303 e. The van der Waals surface area contributed by atoms with E-state index >= 15 is 0 Å². The van der Waals surface area contributed by atoms with Gasteiger partial charge in [-0.15, -0.1) is 0 Å². The molecule has 1 aromatic heterocycles. The molecule has 0 unspecified atom stereocenters. The second kappa shape index (κ2) is 22.2. The summed E-state index contributed by atoms with van der Waals surface area (Å²) in [4.78, 5) is 97.8. The number of nitrogens with zero attached hydrogens (tertiary/aromatic N) is 3. The average Bonchev–Trinajstić information content (AvgIpc) is 3.59. The number of rotatable bonds is 14. The fraction of sp³-hybridized carbons (Fsp3) is 0.475. The zero-order chi connectivity index (χ0) is 46.0. The lowest BCUT2D eigenvalue weighted by atomic mass is 9.95. The van der Waals surface area contributed by atoms with Crippen molar-refractivity contribution in [1.29, 1.82) is 0 Å². The molecule has 0 spiro atoms. The van der Waals surface area contributed by atoms with Crippen LogP contribution in [0.3, 0.4) is 0 Å². The summed E-state index contributed by atoms with van der Waals surface area (Å²) >= 11 is 6.47. The first-order valence-corrected chi connectivity index (χ1v) is 21.6. The summed E-state index contributed by atoms with van der Waals surface area (Å²) in [5, 5.41) is 0.389. The van der Waals surface area contributed by atoms with Gasteiger partial charge in [-0.1, -0.05) is 41.9 Å². The topological polar surface area (TPSA) is 241 Å². The highest BCUT2D eigenvalue weighted by atomic mass is 35.5. The molecule has 2 aliphatic rings. The molecule has 2 aromatic carbocycles. The van der Waals surface area contributed by atoms with Crippen molar-refractivity contribution in [2.45, 2.75) is 110 Å². The van der Waals surface area contributed by atoms with Crippen LogP contribution in [0.1, 0.15) is 48.5 Å². The molecule has 3 aromatic rings. The molecule has 10 atom stereocenters. The minimum absolute atomic E-state index is 0.269. The van der Waals surface area contributed by atoms with Crippen LogP contribution < -0.4 is 9.60 Å². The van der Waals surface area contributed by atoms with Crippen LogP contribution in [0.25, 0.3) is 5.69 Å². The lowest BCUT2D eigenvalue weighted by Gasteiger charge is -2.48. The van der Waals surface area contributed by atoms with E-state index in [4.69, 9.17) is 69.0 Å². The number of ether oxygens (including phenoxy) is 10. The second-order valence-electron chi connectivity index (χ2n) is 13.8. The Bertz CT molecular complexity index is 2300. The van der Waals surface area contributed by atoms with Crippen molar-refractivity contribution >= 4 is 79.8 Å². The van der Waals surface area contributed by atoms with Crippen molar-refractivity contribution in [1.82, 2.24) is 4.57 Å². The second-order valence-corrected chi connectivity index (χ2v) is 16.3. The van der Waals surface area contributed by atoms with Crippen molar-refractivity contribution in [3.8, 4) is 5.69 Å². The van der Waals surface area contributed by atoms with Gasteiger partial charge in [-0.25, -0.2) is 9.98 Å². The van der Waals surface area contributed by atoms with Crippen LogP contribution in [-0.2, 0) is 80.9 Å². The predicted molar refractivity (Wildman–Crippen MR) is 217 cm³/mol. The molecule has 2 saturated heterocycles. The molecule has 0 radical (unpaired) electrons. The van der Waals surface area contributed by atoms with Gasteiger partial charge in [0.15, 0.2) is 43.0 Å². The molecule has 63 heavy (non-hydrogen) atoms. The monoisotopic (exact) mass is 937 g/mol. The summed E-state index contributed by atoms with van der Waals surface area (Å²) in [6.45, 7) is 6.37. The summed E-state index contributed by atoms with van der Waals surface area (Å²) in [5.41, 5.74) is 1.09. The van der Waals surface area contributed by atoms with Crippen LogP contribution in [0.15, 0.2) is 64.6 Å². The van der Waals surface area contributed by atoms with Crippen molar-refractivity contribution in [2.24, 2.45) is 9.98 Å². The van der Waals surface area contributed by atoms with Gasteiger partial charge in [0.1, 0.15) is 31.5 Å². The molecule has 3 heterocycles. The molecular formula is C40H44ClN3O17S2. The van der Waals surface area contributed by atoms with E-state index in [0.29, 0.717) is 21.2 Å². The number of esters is 7. The number of carbonyl (C=O) groups excluding carboxylic acids is 7. The predicted octanol–water partition coefficient (Wildman–Crippen LogP) is 3.01. The van der Waals surface area contributed by atoms with Gasteiger partial charge >= 0.3 is 41.8 Å². The standard InChI is InChI=1S/C40H44ClN3O17S2/c1-19(45)52-17-29-32(61-38-36(58-25(7)51)34(56-23(5)49)31(54-21(3)47)30(60-38)18-53-20(2)46)33(55-22(4)48)35(57-24(6)50)37(59-29)43-40-44(26-13-9-8-10-14-26)39(62-63-40)42-28-16-12-11-15-27(28)41/h8-16,29-38H,17-18H2,1-7H3/b42-39?,43-40+/t29-,30-,31+,32-,33+,34+,35-,36-,37-,38+/m1/s1. The summed E-state index contributed by atoms with van der Waals surface area (Å²) in [6.07, 6.45) is -16.0. The number of para-hydroxylation sites is 2. The van der Waals surface area contributed by atoms with Gasteiger partial charge < -0.3 is 47.4 Å². The van der Waals surface area contributed by atoms with Gasteiger partial charge in [0.05, 0.1) is 16.4 Å². The van der Waals surface area contributed by atoms with Gasteiger partial charge in [0, 0.05) is 48.5 Å². The first kappa shape index (κ1) is 48.5. The lowest BCUT2D eigenvalue weighted by molar-refractivity contribution is -0.344. The highest BCUT2D eigenvalue weighted by Crippen LogP contribution is 2.36. The van der Waals surface area contributed by atoms with Gasteiger partial charge in [-0.2, -0.15) is 0 Å². The highest BCUT2D eigenvalue weighted by Gasteiger charge is 2.57. The summed E-state index contributed by atoms with van der Waals surface area (Å²) in [6, 6.07) is 16.0. The van der Waals surface area contributed by atoms with Crippen LogP contribution in [0.2, 0.25) is 5.02 Å². The molecule has 2 fully saturated rings. The SMILES string of the molecule is CC(=O)OC[C@H]1O[C@@H](O[C@H]2[C@H](OC(C)=O)[C@@H](OC(C)=O)[C@H](/N=c3/ssc(=Nc4ccccc4Cl)n3-c3ccccc3)O[C@@H]2COC(C)=O)[C@H](OC(C)=O)[C@@H](OC(C)=O)[C@H]1OC(C)=O. The highest BCUT2D eigenvalue weighted by molar-refractivity contribution is 7.67. The molecule has 23 heteroatoms. The van der Waals surface area contributed by atoms with E-state index in [2.05, 4.69) is 0 Å². The van der Waals surface area contributed by atoms with Crippen LogP contribution >= 0.6 is 32.3 Å². The molecule has 0 bridgehead atoms. The smallest absolute Gasteiger partial charge is 0.303 e. The Balaban J connectivity index is 1.68. The van der Waals surface area contributed by atoms with Gasteiger partial charge in [-0.05, 0) is 44.9 Å². The van der Waals surface area contributed by atoms with Crippen LogP contribution in [0, 0.1) is 0 Å². The number of benzene rings is 2. The van der Waals surface area contributed by atoms with Gasteiger partial charge in [0.25, 0.3) is 0 Å². The molecule has 2 aliphatic heterocycles. The minimum Gasteiger partial charge on any atom is -0.463 e. The Kier molecular flexibility index (Phi) is 17.1. The Hall–Kier alpha value is -5.52. The van der Waals surface area contributed by atoms with Crippen molar-refractivity contribution in [3.63, 3.8) is 0 Å². The average molecular weight is 938 g/mol. The van der Waals surface area contributed by atoms with E-state index in [1.807, 2.05) is 6.07 Å². The fourth-order valence-corrected chi connectivity index (χ4v) is 8.86. The van der Waals surface area contributed by atoms with Crippen LogP contribution in [-0.4, -0.2) is 121 Å². The number of aromatic nitrogens is 1. The van der Waals surface area contributed by atoms with E-state index in [9.17, 15) is 33.6 Å². The van der Waals surface area contributed by atoms with E-state index < -0.39 is 116 Å². The Morgan fingerprint density at radius 3 is 1.60 bits per heavy atom. The van der Waals surface area contributed by atoms with E-state index in [-0.39, 0.29) is 4.80 Å². The normalized spacial score (nSPS) is 26.2. The minimum atomic E-state index is -1.84. The third-order valence-corrected chi connectivity index (χ3v) is 11.2. The van der Waals surface area contributed by atoms with Crippen molar-refractivity contribution < 1.29 is 80.9 Å². The third-order valence-electron chi connectivity index (χ3n) is 8.80. The first-order valence-electron chi connectivity index (χ1n) is 19.1. The zero-order valence-corrected chi connectivity index (χ0v) is 37.2. The summed E-state index contributed by atoms with van der Waals surface area (Å²) in [5.74, 6) is -5.96. The molecule has 5 rings (SSSR count). The molecule has 0 saturated carbocycles. The fourth-order valence-electron chi connectivity index (χ4n) is 6.52.